The lowest BCUT2D eigenvalue weighted by atomic mass is 10.0. The van der Waals surface area contributed by atoms with E-state index in [4.69, 9.17) is 0 Å². The maximum Gasteiger partial charge on any atom is 0.0574 e. The van der Waals surface area contributed by atoms with Crippen molar-refractivity contribution in [3.8, 4) is 0 Å². The van der Waals surface area contributed by atoms with E-state index >= 15 is 0 Å². The van der Waals surface area contributed by atoms with Crippen LogP contribution in [0.2, 0.25) is 0 Å². The van der Waals surface area contributed by atoms with Gasteiger partial charge in [0.05, 0.1) is 23.8 Å². The van der Waals surface area contributed by atoms with Crippen LogP contribution in [-0.2, 0) is 0 Å². The molecule has 1 aliphatic rings. The summed E-state index contributed by atoms with van der Waals surface area (Å²) in [5.41, 5.74) is 2.30. The molecule has 1 aromatic heterocycles. The Kier molecular flexibility index (Phi) is 3.84. The van der Waals surface area contributed by atoms with Crippen LogP contribution >= 0.6 is 0 Å². The highest BCUT2D eigenvalue weighted by atomic mass is 15.2. The van der Waals surface area contributed by atoms with Crippen LogP contribution in [0.25, 0.3) is 0 Å². The SMILES string of the molecule is CNc1cncc(N2CCCC(N(C)C)C2)c1. The number of pyridine rings is 1. The summed E-state index contributed by atoms with van der Waals surface area (Å²) in [6, 6.07) is 2.83. The average Bonchev–Trinajstić information content (AvgIpc) is 2.39. The molecule has 1 fully saturated rings. The summed E-state index contributed by atoms with van der Waals surface area (Å²) in [7, 11) is 6.26. The molecule has 0 aromatic carbocycles. The highest BCUT2D eigenvalue weighted by molar-refractivity contribution is 5.55. The minimum Gasteiger partial charge on any atom is -0.387 e. The van der Waals surface area contributed by atoms with Gasteiger partial charge in [-0.25, -0.2) is 0 Å². The summed E-state index contributed by atoms with van der Waals surface area (Å²) < 4.78 is 0. The van der Waals surface area contributed by atoms with Gasteiger partial charge in [-0.2, -0.15) is 0 Å². The van der Waals surface area contributed by atoms with Crippen LogP contribution in [0.4, 0.5) is 11.4 Å². The standard InChI is InChI=1S/C13H22N4/c1-14-11-7-13(9-15-8-11)17-6-4-5-12(10-17)16(2)3/h7-9,12,14H,4-6,10H2,1-3H3. The maximum atomic E-state index is 4.28. The zero-order valence-electron chi connectivity index (χ0n) is 11.0. The van der Waals surface area contributed by atoms with Gasteiger partial charge in [0.2, 0.25) is 0 Å². The van der Waals surface area contributed by atoms with E-state index < -0.39 is 0 Å². The zero-order chi connectivity index (χ0) is 12.3. The van der Waals surface area contributed by atoms with Crippen molar-refractivity contribution in [2.45, 2.75) is 18.9 Å². The van der Waals surface area contributed by atoms with Crippen LogP contribution in [0.1, 0.15) is 12.8 Å². The minimum absolute atomic E-state index is 0.655. The smallest absolute Gasteiger partial charge is 0.0574 e. The van der Waals surface area contributed by atoms with E-state index in [1.165, 1.54) is 18.5 Å². The van der Waals surface area contributed by atoms with E-state index in [1.807, 2.05) is 19.4 Å². The average molecular weight is 234 g/mol. The first-order valence-electron chi connectivity index (χ1n) is 6.25. The number of nitrogens with zero attached hydrogens (tertiary/aromatic N) is 3. The number of likely N-dealkylation sites (N-methyl/N-ethyl adjacent to an activating group) is 1. The summed E-state index contributed by atoms with van der Waals surface area (Å²) in [6.07, 6.45) is 6.37. The van der Waals surface area contributed by atoms with Gasteiger partial charge in [-0.1, -0.05) is 0 Å². The number of hydrogen-bond acceptors (Lipinski definition) is 4. The number of anilines is 2. The van der Waals surface area contributed by atoms with E-state index in [-0.39, 0.29) is 0 Å². The summed E-state index contributed by atoms with van der Waals surface area (Å²) in [5, 5.41) is 3.14. The lowest BCUT2D eigenvalue weighted by molar-refractivity contribution is 0.258. The van der Waals surface area contributed by atoms with Gasteiger partial charge in [-0.05, 0) is 33.0 Å². The molecular weight excluding hydrogens is 212 g/mol. The minimum atomic E-state index is 0.655. The first-order valence-corrected chi connectivity index (χ1v) is 6.25. The zero-order valence-corrected chi connectivity index (χ0v) is 11.0. The number of rotatable bonds is 3. The molecule has 17 heavy (non-hydrogen) atoms. The maximum absolute atomic E-state index is 4.28. The molecule has 0 bridgehead atoms. The Morgan fingerprint density at radius 3 is 2.94 bits per heavy atom. The second-order valence-corrected chi connectivity index (χ2v) is 4.89. The lowest BCUT2D eigenvalue weighted by Crippen LogP contribution is -2.45. The van der Waals surface area contributed by atoms with Crippen LogP contribution in [-0.4, -0.2) is 50.2 Å². The molecule has 0 radical (unpaired) electrons. The van der Waals surface area contributed by atoms with Crippen LogP contribution in [0.5, 0.6) is 0 Å². The largest absolute Gasteiger partial charge is 0.387 e. The molecule has 1 aromatic rings. The molecule has 0 aliphatic carbocycles. The Balaban J connectivity index is 2.10. The van der Waals surface area contributed by atoms with Gasteiger partial charge in [-0.3, -0.25) is 4.98 Å². The Bertz CT molecular complexity index is 364. The molecule has 0 amide bonds. The second kappa shape index (κ2) is 5.36. The van der Waals surface area contributed by atoms with Gasteiger partial charge in [0, 0.05) is 26.2 Å². The number of hydrogen-bond donors (Lipinski definition) is 1. The normalized spacial score (nSPS) is 20.7. The third kappa shape index (κ3) is 2.88. The quantitative estimate of drug-likeness (QED) is 0.862. The van der Waals surface area contributed by atoms with Gasteiger partial charge in [0.1, 0.15) is 0 Å². The second-order valence-electron chi connectivity index (χ2n) is 4.89. The molecule has 4 heteroatoms. The van der Waals surface area contributed by atoms with E-state index in [0.717, 1.165) is 18.8 Å². The van der Waals surface area contributed by atoms with Gasteiger partial charge < -0.3 is 15.1 Å². The first-order chi connectivity index (χ1) is 8.20. The Morgan fingerprint density at radius 1 is 1.41 bits per heavy atom. The van der Waals surface area contributed by atoms with Crippen LogP contribution in [0.15, 0.2) is 18.5 Å². The fourth-order valence-corrected chi connectivity index (χ4v) is 2.35. The van der Waals surface area contributed by atoms with Crippen molar-refractivity contribution in [2.24, 2.45) is 0 Å². The molecule has 1 atom stereocenters. The first kappa shape index (κ1) is 12.2. The van der Waals surface area contributed by atoms with E-state index in [0.29, 0.717) is 6.04 Å². The molecule has 0 saturated carbocycles. The Hall–Kier alpha value is -1.29. The summed E-state index contributed by atoms with van der Waals surface area (Å²) in [4.78, 5) is 9.04. The van der Waals surface area contributed by atoms with E-state index in [9.17, 15) is 0 Å². The topological polar surface area (TPSA) is 31.4 Å². The van der Waals surface area contributed by atoms with Gasteiger partial charge in [-0.15, -0.1) is 0 Å². The predicted octanol–water partition coefficient (Wildman–Crippen LogP) is 1.65. The van der Waals surface area contributed by atoms with Crippen molar-refractivity contribution in [2.75, 3.05) is 44.4 Å². The summed E-state index contributed by atoms with van der Waals surface area (Å²) in [6.45, 7) is 2.24. The summed E-state index contributed by atoms with van der Waals surface area (Å²) in [5.74, 6) is 0. The van der Waals surface area contributed by atoms with Gasteiger partial charge in [0.15, 0.2) is 0 Å². The highest BCUT2D eigenvalue weighted by Gasteiger charge is 2.21. The van der Waals surface area contributed by atoms with Crippen molar-refractivity contribution in [1.29, 1.82) is 0 Å². The molecule has 1 unspecified atom stereocenters. The monoisotopic (exact) mass is 234 g/mol. The predicted molar refractivity (Wildman–Crippen MR) is 72.7 cm³/mol. The Labute approximate surface area is 104 Å². The summed E-state index contributed by atoms with van der Waals surface area (Å²) >= 11 is 0. The van der Waals surface area contributed by atoms with Crippen LogP contribution in [0.3, 0.4) is 0 Å². The molecule has 1 aliphatic heterocycles. The fourth-order valence-electron chi connectivity index (χ4n) is 2.35. The van der Waals surface area contributed by atoms with Crippen LogP contribution < -0.4 is 10.2 Å². The Morgan fingerprint density at radius 2 is 2.24 bits per heavy atom. The van der Waals surface area contributed by atoms with E-state index in [1.54, 1.807) is 0 Å². The third-order valence-corrected chi connectivity index (χ3v) is 3.50. The van der Waals surface area contributed by atoms with Crippen LogP contribution in [0, 0.1) is 0 Å². The fraction of sp³-hybridized carbons (Fsp3) is 0.615. The van der Waals surface area contributed by atoms with Crippen molar-refractivity contribution < 1.29 is 0 Å². The molecule has 1 saturated heterocycles. The molecule has 94 valence electrons. The molecule has 1 N–H and O–H groups in total. The van der Waals surface area contributed by atoms with E-state index in [2.05, 4.69) is 40.3 Å². The molecular formula is C13H22N4. The van der Waals surface area contributed by atoms with Crippen molar-refractivity contribution in [1.82, 2.24) is 9.88 Å². The molecule has 2 heterocycles. The number of aromatic nitrogens is 1. The number of piperidine rings is 1. The molecule has 2 rings (SSSR count). The highest BCUT2D eigenvalue weighted by Crippen LogP contribution is 2.23. The third-order valence-electron chi connectivity index (χ3n) is 3.50. The van der Waals surface area contributed by atoms with Gasteiger partial charge >= 0.3 is 0 Å². The molecule has 4 nitrogen and oxygen atoms in total. The lowest BCUT2D eigenvalue weighted by Gasteiger charge is -2.37. The van der Waals surface area contributed by atoms with Crippen molar-refractivity contribution in [3.05, 3.63) is 18.5 Å². The number of nitrogens with one attached hydrogen (secondary N) is 1. The van der Waals surface area contributed by atoms with Gasteiger partial charge in [0.25, 0.3) is 0 Å². The molecule has 0 spiro atoms. The van der Waals surface area contributed by atoms with Crippen molar-refractivity contribution >= 4 is 11.4 Å². The van der Waals surface area contributed by atoms with Crippen molar-refractivity contribution in [3.63, 3.8) is 0 Å².